The average Bonchev–Trinajstić information content (AvgIpc) is 2.97. The Kier molecular flexibility index (Phi) is 10.4. The molecule has 40 heavy (non-hydrogen) atoms. The maximum atomic E-state index is 13.3. The molecule has 3 amide bonds. The summed E-state index contributed by atoms with van der Waals surface area (Å²) >= 11 is 3.56. The summed E-state index contributed by atoms with van der Waals surface area (Å²) in [4.78, 5) is 39.4. The van der Waals surface area contributed by atoms with Gasteiger partial charge in [0.1, 0.15) is 11.4 Å². The monoisotopic (exact) mass is 663 g/mol. The summed E-state index contributed by atoms with van der Waals surface area (Å²) in [5.41, 5.74) is 2.44. The van der Waals surface area contributed by atoms with Crippen molar-refractivity contribution in [1.29, 1.82) is 0 Å². The standard InChI is InChI=1S/C31H26IN3O4S/c1-39-26-11-5-7-21(17-26)18-28(35-30(37)22-8-3-2-4-9-22)31(38)34-25-10-6-12-27(19-25)40-20-29(36)33-24-15-13-23(32)14-16-24/h2-19H,20H2,1H3,(H,33,36)(H,34,38)(H,35,37)/b28-18-. The SMILES string of the molecule is COc1cccc(/C=C(\NC(=O)c2ccccc2)C(=O)Nc2cccc(SCC(=O)Nc3ccc(I)cc3)c2)c1. The van der Waals surface area contributed by atoms with Gasteiger partial charge in [0.05, 0.1) is 12.9 Å². The van der Waals surface area contributed by atoms with Crippen LogP contribution in [0.4, 0.5) is 11.4 Å². The summed E-state index contributed by atoms with van der Waals surface area (Å²) in [5, 5.41) is 8.46. The van der Waals surface area contributed by atoms with Crippen molar-refractivity contribution < 1.29 is 19.1 Å². The summed E-state index contributed by atoms with van der Waals surface area (Å²) in [6, 6.07) is 30.6. The van der Waals surface area contributed by atoms with E-state index in [-0.39, 0.29) is 17.4 Å². The van der Waals surface area contributed by atoms with E-state index in [1.54, 1.807) is 73.8 Å². The largest absolute Gasteiger partial charge is 0.497 e. The van der Waals surface area contributed by atoms with Crippen LogP contribution in [-0.2, 0) is 9.59 Å². The third kappa shape index (κ3) is 8.72. The van der Waals surface area contributed by atoms with Gasteiger partial charge in [-0.3, -0.25) is 14.4 Å². The van der Waals surface area contributed by atoms with Crippen LogP contribution in [0.5, 0.6) is 5.75 Å². The molecule has 0 aliphatic carbocycles. The number of ether oxygens (including phenoxy) is 1. The second-order valence-electron chi connectivity index (χ2n) is 8.48. The van der Waals surface area contributed by atoms with Gasteiger partial charge < -0.3 is 20.7 Å². The number of hydrogen-bond acceptors (Lipinski definition) is 5. The molecule has 0 radical (unpaired) electrons. The highest BCUT2D eigenvalue weighted by atomic mass is 127. The number of amides is 3. The number of methoxy groups -OCH3 is 1. The van der Waals surface area contributed by atoms with E-state index in [0.29, 0.717) is 22.6 Å². The summed E-state index contributed by atoms with van der Waals surface area (Å²) in [6.45, 7) is 0. The fourth-order valence-corrected chi connectivity index (χ4v) is 4.70. The number of halogens is 1. The van der Waals surface area contributed by atoms with Crippen molar-refractivity contribution in [3.8, 4) is 5.75 Å². The number of rotatable bonds is 10. The van der Waals surface area contributed by atoms with Crippen molar-refractivity contribution in [3.05, 3.63) is 124 Å². The molecule has 0 bridgehead atoms. The Bertz CT molecular complexity index is 1530. The highest BCUT2D eigenvalue weighted by molar-refractivity contribution is 14.1. The molecule has 3 N–H and O–H groups in total. The first-order valence-corrected chi connectivity index (χ1v) is 14.3. The number of hydrogen-bond donors (Lipinski definition) is 3. The van der Waals surface area contributed by atoms with Crippen molar-refractivity contribution in [1.82, 2.24) is 5.32 Å². The van der Waals surface area contributed by atoms with Crippen LogP contribution in [0.3, 0.4) is 0 Å². The Hall–Kier alpha value is -4.09. The number of anilines is 2. The molecule has 0 saturated heterocycles. The highest BCUT2D eigenvalue weighted by Gasteiger charge is 2.16. The van der Waals surface area contributed by atoms with Crippen LogP contribution < -0.4 is 20.7 Å². The fraction of sp³-hybridized carbons (Fsp3) is 0.0645. The van der Waals surface area contributed by atoms with Crippen molar-refractivity contribution in [2.24, 2.45) is 0 Å². The number of nitrogens with one attached hydrogen (secondary N) is 3. The van der Waals surface area contributed by atoms with Crippen LogP contribution in [0.1, 0.15) is 15.9 Å². The van der Waals surface area contributed by atoms with Crippen LogP contribution in [-0.4, -0.2) is 30.6 Å². The summed E-state index contributed by atoms with van der Waals surface area (Å²) in [6.07, 6.45) is 1.59. The van der Waals surface area contributed by atoms with E-state index in [1.807, 2.05) is 42.5 Å². The number of carbonyl (C=O) groups is 3. The molecule has 0 aliphatic rings. The third-order valence-corrected chi connectivity index (χ3v) is 7.24. The number of benzene rings is 4. The molecule has 4 rings (SSSR count). The van der Waals surface area contributed by atoms with E-state index >= 15 is 0 Å². The molecular weight excluding hydrogens is 637 g/mol. The van der Waals surface area contributed by atoms with Crippen LogP contribution in [0.2, 0.25) is 0 Å². The molecule has 4 aromatic rings. The molecule has 7 nitrogen and oxygen atoms in total. The second-order valence-corrected chi connectivity index (χ2v) is 10.8. The molecule has 0 aliphatic heterocycles. The predicted octanol–water partition coefficient (Wildman–Crippen LogP) is 6.44. The highest BCUT2D eigenvalue weighted by Crippen LogP contribution is 2.23. The molecule has 0 fully saturated rings. The van der Waals surface area contributed by atoms with Crippen molar-refractivity contribution in [2.75, 3.05) is 23.5 Å². The maximum Gasteiger partial charge on any atom is 0.272 e. The first-order chi connectivity index (χ1) is 19.4. The minimum absolute atomic E-state index is 0.0667. The maximum absolute atomic E-state index is 13.3. The minimum atomic E-state index is -0.495. The molecule has 0 aromatic heterocycles. The normalized spacial score (nSPS) is 10.9. The van der Waals surface area contributed by atoms with E-state index in [0.717, 1.165) is 14.2 Å². The third-order valence-electron chi connectivity index (χ3n) is 5.52. The summed E-state index contributed by atoms with van der Waals surface area (Å²) < 4.78 is 6.37. The molecule has 0 saturated carbocycles. The van der Waals surface area contributed by atoms with E-state index in [4.69, 9.17) is 4.74 Å². The van der Waals surface area contributed by atoms with Gasteiger partial charge in [-0.15, -0.1) is 11.8 Å². The topological polar surface area (TPSA) is 96.5 Å². The van der Waals surface area contributed by atoms with Crippen molar-refractivity contribution in [2.45, 2.75) is 4.90 Å². The molecule has 0 atom stereocenters. The van der Waals surface area contributed by atoms with E-state index in [2.05, 4.69) is 38.5 Å². The lowest BCUT2D eigenvalue weighted by molar-refractivity contribution is -0.114. The zero-order chi connectivity index (χ0) is 28.3. The smallest absolute Gasteiger partial charge is 0.272 e. The van der Waals surface area contributed by atoms with Crippen LogP contribution >= 0.6 is 34.4 Å². The van der Waals surface area contributed by atoms with E-state index in [9.17, 15) is 14.4 Å². The van der Waals surface area contributed by atoms with E-state index in [1.165, 1.54) is 11.8 Å². The Morgan fingerprint density at radius 1 is 0.825 bits per heavy atom. The first-order valence-electron chi connectivity index (χ1n) is 12.2. The van der Waals surface area contributed by atoms with Gasteiger partial charge >= 0.3 is 0 Å². The molecule has 4 aromatic carbocycles. The van der Waals surface area contributed by atoms with Gasteiger partial charge in [0.15, 0.2) is 0 Å². The first kappa shape index (κ1) is 28.9. The van der Waals surface area contributed by atoms with Gasteiger partial charge in [0.2, 0.25) is 5.91 Å². The zero-order valence-electron chi connectivity index (χ0n) is 21.5. The molecular formula is C31H26IN3O4S. The van der Waals surface area contributed by atoms with Gasteiger partial charge in [-0.05, 0) is 101 Å². The lowest BCUT2D eigenvalue weighted by Crippen LogP contribution is -2.30. The summed E-state index contributed by atoms with van der Waals surface area (Å²) in [7, 11) is 1.56. The quantitative estimate of drug-likeness (QED) is 0.103. The lowest BCUT2D eigenvalue weighted by Gasteiger charge is -2.12. The van der Waals surface area contributed by atoms with Crippen LogP contribution in [0.15, 0.2) is 114 Å². The minimum Gasteiger partial charge on any atom is -0.497 e. The Morgan fingerprint density at radius 2 is 1.57 bits per heavy atom. The van der Waals surface area contributed by atoms with Gasteiger partial charge in [-0.2, -0.15) is 0 Å². The van der Waals surface area contributed by atoms with Crippen molar-refractivity contribution in [3.63, 3.8) is 0 Å². The van der Waals surface area contributed by atoms with Gasteiger partial charge in [0.25, 0.3) is 11.8 Å². The van der Waals surface area contributed by atoms with Gasteiger partial charge in [-0.1, -0.05) is 36.4 Å². The van der Waals surface area contributed by atoms with E-state index < -0.39 is 11.8 Å². The Labute approximate surface area is 250 Å². The Morgan fingerprint density at radius 3 is 2.33 bits per heavy atom. The van der Waals surface area contributed by atoms with Gasteiger partial charge in [-0.25, -0.2) is 0 Å². The lowest BCUT2D eigenvalue weighted by atomic mass is 10.1. The summed E-state index contributed by atoms with van der Waals surface area (Å²) in [5.74, 6) is -0.206. The molecule has 0 heterocycles. The fourth-order valence-electron chi connectivity index (χ4n) is 3.58. The average molecular weight is 664 g/mol. The molecule has 0 unspecified atom stereocenters. The number of carbonyl (C=O) groups excluding carboxylic acids is 3. The van der Waals surface area contributed by atoms with Crippen LogP contribution in [0, 0.1) is 3.57 Å². The zero-order valence-corrected chi connectivity index (χ0v) is 24.5. The van der Waals surface area contributed by atoms with Crippen molar-refractivity contribution >= 4 is 69.5 Å². The second kappa shape index (κ2) is 14.3. The predicted molar refractivity (Wildman–Crippen MR) is 168 cm³/mol. The molecule has 0 spiro atoms. The molecule has 202 valence electrons. The number of thioether (sulfide) groups is 1. The Balaban J connectivity index is 1.46. The van der Waals surface area contributed by atoms with Gasteiger partial charge in [0, 0.05) is 25.4 Å². The molecule has 9 heteroatoms. The van der Waals surface area contributed by atoms with Crippen LogP contribution in [0.25, 0.3) is 6.08 Å².